The van der Waals surface area contributed by atoms with Crippen LogP contribution >= 0.6 is 0 Å². The molecule has 2 aliphatic heterocycles. The van der Waals surface area contributed by atoms with Crippen LogP contribution in [0.2, 0.25) is 0 Å². The lowest BCUT2D eigenvalue weighted by Crippen LogP contribution is -2.37. The van der Waals surface area contributed by atoms with Crippen molar-refractivity contribution in [1.82, 2.24) is 4.90 Å². The minimum atomic E-state index is 0.0653. The molecule has 134 valence electrons. The van der Waals surface area contributed by atoms with Gasteiger partial charge in [-0.15, -0.1) is 0 Å². The van der Waals surface area contributed by atoms with Gasteiger partial charge >= 0.3 is 0 Å². The fourth-order valence-electron chi connectivity index (χ4n) is 3.68. The molecule has 0 radical (unpaired) electrons. The molecule has 2 aromatic carbocycles. The van der Waals surface area contributed by atoms with Gasteiger partial charge in [0.2, 0.25) is 5.96 Å². The number of likely N-dealkylation sites (tertiary alicyclic amines) is 1. The Kier molecular flexibility index (Phi) is 5.07. The van der Waals surface area contributed by atoms with Crippen LogP contribution < -0.4 is 15.5 Å². The average Bonchev–Trinajstić information content (AvgIpc) is 3.03. The number of ether oxygens (including phenoxy) is 1. The monoisotopic (exact) mass is 348 g/mol. The summed E-state index contributed by atoms with van der Waals surface area (Å²) in [4.78, 5) is 10.6. The second-order valence-electron chi connectivity index (χ2n) is 7.02. The van der Waals surface area contributed by atoms with Crippen molar-refractivity contribution in [3.8, 4) is 5.75 Å². The fourth-order valence-corrected chi connectivity index (χ4v) is 3.68. The Labute approximate surface area is 153 Å². The molecule has 0 spiro atoms. The summed E-state index contributed by atoms with van der Waals surface area (Å²) >= 11 is 0. The number of hydrogen-bond acceptors (Lipinski definition) is 3. The fraction of sp³-hybridized carbons (Fsp3) is 0.381. The molecule has 4 rings (SSSR count). The Morgan fingerprint density at radius 3 is 2.58 bits per heavy atom. The number of nitrogens with one attached hydrogen (secondary N) is 1. The first-order chi connectivity index (χ1) is 12.8. The zero-order valence-electron chi connectivity index (χ0n) is 14.9. The lowest BCUT2D eigenvalue weighted by Gasteiger charge is -2.31. The molecule has 1 saturated heterocycles. The van der Waals surface area contributed by atoms with E-state index < -0.39 is 0 Å². The molecule has 0 aromatic heterocycles. The zero-order valence-corrected chi connectivity index (χ0v) is 14.9. The summed E-state index contributed by atoms with van der Waals surface area (Å²) < 4.78 is 5.88. The molecule has 0 unspecified atom stereocenters. The van der Waals surface area contributed by atoms with Crippen molar-refractivity contribution >= 4 is 5.96 Å². The second kappa shape index (κ2) is 7.79. The van der Waals surface area contributed by atoms with Gasteiger partial charge in [-0.05, 0) is 56.0 Å². The van der Waals surface area contributed by atoms with E-state index in [9.17, 15) is 0 Å². The number of hydrogen-bond donors (Lipinski definition) is 1. The third-order valence-electron chi connectivity index (χ3n) is 5.15. The number of rotatable bonds is 6. The molecule has 2 aliphatic rings. The van der Waals surface area contributed by atoms with Gasteiger partial charge in [0, 0.05) is 12.6 Å². The van der Waals surface area contributed by atoms with Gasteiger partial charge in [0.05, 0.1) is 10.7 Å². The van der Waals surface area contributed by atoms with Crippen LogP contribution in [-0.2, 0) is 6.42 Å². The van der Waals surface area contributed by atoms with E-state index in [1.807, 2.05) is 18.2 Å². The van der Waals surface area contributed by atoms with E-state index in [2.05, 4.69) is 45.2 Å². The third-order valence-corrected chi connectivity index (χ3v) is 5.15. The highest BCUT2D eigenvalue weighted by atomic mass is 16.5. The van der Waals surface area contributed by atoms with Crippen LogP contribution in [0.3, 0.4) is 0 Å². The van der Waals surface area contributed by atoms with E-state index in [0.29, 0.717) is 6.61 Å². The summed E-state index contributed by atoms with van der Waals surface area (Å²) in [5, 5.41) is 8.97. The average molecular weight is 348 g/mol. The molecule has 0 atom stereocenters. The molecule has 1 N–H and O–H groups in total. The van der Waals surface area contributed by atoms with E-state index in [1.165, 1.54) is 24.8 Å². The lowest BCUT2D eigenvalue weighted by atomic mass is 9.90. The molecule has 2 aromatic rings. The maximum Gasteiger partial charge on any atom is 0.243 e. The predicted octanol–water partition coefficient (Wildman–Crippen LogP) is 2.21. The minimum Gasteiger partial charge on any atom is -0.492 e. The van der Waals surface area contributed by atoms with E-state index in [1.54, 1.807) is 0 Å². The maximum atomic E-state index is 7.48. The quantitative estimate of drug-likeness (QED) is 0.870. The lowest BCUT2D eigenvalue weighted by molar-refractivity contribution is 0.155. The minimum absolute atomic E-state index is 0.0653. The molecule has 0 aliphatic carbocycles. The van der Waals surface area contributed by atoms with Crippen LogP contribution in [0, 0.1) is 11.3 Å². The largest absolute Gasteiger partial charge is 0.492 e. The Bertz CT molecular complexity index is 886. The van der Waals surface area contributed by atoms with Gasteiger partial charge in [0.15, 0.2) is 0 Å². The van der Waals surface area contributed by atoms with Gasteiger partial charge in [-0.2, -0.15) is 0 Å². The second-order valence-corrected chi connectivity index (χ2v) is 7.02. The number of fused-ring (bicyclic) bond motifs is 1. The molecule has 26 heavy (non-hydrogen) atoms. The SMILES string of the molecule is N=C1N=c2ccc(OCCN3CCC(Cc4ccccc4)CC3)cc2=N1. The summed E-state index contributed by atoms with van der Waals surface area (Å²) in [6, 6.07) is 16.4. The number of nitrogens with zero attached hydrogens (tertiary/aromatic N) is 3. The molecule has 1 fully saturated rings. The van der Waals surface area contributed by atoms with Crippen LogP contribution in [0.4, 0.5) is 0 Å². The predicted molar refractivity (Wildman–Crippen MR) is 101 cm³/mol. The summed E-state index contributed by atoms with van der Waals surface area (Å²) in [6.45, 7) is 3.93. The molecule has 5 nitrogen and oxygen atoms in total. The number of piperidine rings is 1. The molecular formula is C21H24N4O. The van der Waals surface area contributed by atoms with Gasteiger partial charge in [-0.1, -0.05) is 30.3 Å². The Morgan fingerprint density at radius 1 is 1.00 bits per heavy atom. The van der Waals surface area contributed by atoms with Crippen LogP contribution in [0.15, 0.2) is 58.5 Å². The van der Waals surface area contributed by atoms with E-state index in [-0.39, 0.29) is 5.96 Å². The molecule has 0 saturated carbocycles. The van der Waals surface area contributed by atoms with Crippen LogP contribution in [0.25, 0.3) is 0 Å². The zero-order chi connectivity index (χ0) is 17.8. The van der Waals surface area contributed by atoms with Crippen molar-refractivity contribution in [2.75, 3.05) is 26.2 Å². The first-order valence-corrected chi connectivity index (χ1v) is 9.31. The summed E-state index contributed by atoms with van der Waals surface area (Å²) in [6.07, 6.45) is 3.72. The van der Waals surface area contributed by atoms with Crippen LogP contribution in [-0.4, -0.2) is 37.1 Å². The molecule has 5 heteroatoms. The highest BCUT2D eigenvalue weighted by molar-refractivity contribution is 5.79. The summed E-state index contributed by atoms with van der Waals surface area (Å²) in [5.74, 6) is 1.67. The normalized spacial score (nSPS) is 17.5. The molecule has 0 amide bonds. The Balaban J connectivity index is 1.21. The Morgan fingerprint density at radius 2 is 1.77 bits per heavy atom. The van der Waals surface area contributed by atoms with E-state index in [4.69, 9.17) is 10.1 Å². The van der Waals surface area contributed by atoms with Crippen molar-refractivity contribution in [3.05, 3.63) is 64.8 Å². The van der Waals surface area contributed by atoms with Crippen molar-refractivity contribution < 1.29 is 4.74 Å². The van der Waals surface area contributed by atoms with Crippen LogP contribution in [0.1, 0.15) is 18.4 Å². The van der Waals surface area contributed by atoms with Crippen molar-refractivity contribution in [3.63, 3.8) is 0 Å². The summed E-state index contributed by atoms with van der Waals surface area (Å²) in [5.41, 5.74) is 1.45. The molecular weight excluding hydrogens is 324 g/mol. The summed E-state index contributed by atoms with van der Waals surface area (Å²) in [7, 11) is 0. The standard InChI is InChI=1S/C21H24N4O/c22-21-23-19-7-6-18(15-20(19)24-21)26-13-12-25-10-8-17(9-11-25)14-16-4-2-1-3-5-16/h1-7,15,17,22H,8-14H2. The highest BCUT2D eigenvalue weighted by Gasteiger charge is 2.19. The van der Waals surface area contributed by atoms with Crippen LogP contribution in [0.5, 0.6) is 5.75 Å². The van der Waals surface area contributed by atoms with Gasteiger partial charge in [-0.3, -0.25) is 10.3 Å². The number of benzene rings is 2. The highest BCUT2D eigenvalue weighted by Crippen LogP contribution is 2.21. The van der Waals surface area contributed by atoms with Crippen molar-refractivity contribution in [2.45, 2.75) is 19.3 Å². The third kappa shape index (κ3) is 4.17. The number of guanidine groups is 1. The van der Waals surface area contributed by atoms with Crippen molar-refractivity contribution in [1.29, 1.82) is 5.41 Å². The first kappa shape index (κ1) is 16.9. The molecule has 0 bridgehead atoms. The first-order valence-electron chi connectivity index (χ1n) is 9.31. The van der Waals surface area contributed by atoms with Gasteiger partial charge < -0.3 is 4.74 Å². The molecule has 2 heterocycles. The van der Waals surface area contributed by atoms with Gasteiger partial charge in [0.1, 0.15) is 12.4 Å². The Hall–Kier alpha value is -2.53. The maximum absolute atomic E-state index is 7.48. The topological polar surface area (TPSA) is 61.0 Å². The van der Waals surface area contributed by atoms with E-state index >= 15 is 0 Å². The van der Waals surface area contributed by atoms with Gasteiger partial charge in [0.25, 0.3) is 0 Å². The van der Waals surface area contributed by atoms with Gasteiger partial charge in [-0.25, -0.2) is 9.98 Å². The smallest absolute Gasteiger partial charge is 0.243 e. The van der Waals surface area contributed by atoms with E-state index in [0.717, 1.165) is 42.0 Å². The van der Waals surface area contributed by atoms with Crippen molar-refractivity contribution in [2.24, 2.45) is 15.9 Å².